The molecule has 1 heterocycles. The van der Waals surface area contributed by atoms with E-state index >= 15 is 0 Å². The summed E-state index contributed by atoms with van der Waals surface area (Å²) in [5.41, 5.74) is 3.43. The third-order valence-electron chi connectivity index (χ3n) is 3.81. The number of carbonyl (C=O) groups is 3. The van der Waals surface area contributed by atoms with Crippen LogP contribution in [-0.4, -0.2) is 41.0 Å². The molecule has 1 aromatic carbocycles. The highest BCUT2D eigenvalue weighted by atomic mass is 35.5. The Bertz CT molecular complexity index is 919. The number of imide groups is 1. The summed E-state index contributed by atoms with van der Waals surface area (Å²) in [6, 6.07) is 8.01. The molecule has 9 heteroatoms. The average Bonchev–Trinajstić information content (AvgIpc) is 2.93. The van der Waals surface area contributed by atoms with Crippen LogP contribution in [0.2, 0.25) is 5.15 Å². The zero-order chi connectivity index (χ0) is 21.4. The summed E-state index contributed by atoms with van der Waals surface area (Å²) in [7, 11) is 0. The summed E-state index contributed by atoms with van der Waals surface area (Å²) in [5, 5.41) is 6.70. The number of esters is 1. The molecule has 1 aromatic heterocycles. The highest BCUT2D eigenvalue weighted by Gasteiger charge is 2.13. The topological polar surface area (TPSA) is 99.5 Å². The maximum atomic E-state index is 11.8. The van der Waals surface area contributed by atoms with Crippen LogP contribution in [0.15, 0.2) is 30.3 Å². The van der Waals surface area contributed by atoms with Gasteiger partial charge in [0.15, 0.2) is 6.61 Å². The zero-order valence-electron chi connectivity index (χ0n) is 16.4. The number of hydrogen-bond acceptors (Lipinski definition) is 6. The Labute approximate surface area is 173 Å². The van der Waals surface area contributed by atoms with Crippen molar-refractivity contribution < 1.29 is 23.9 Å². The Balaban J connectivity index is 1.95. The number of amides is 2. The molecule has 0 aliphatic rings. The first-order valence-electron chi connectivity index (χ1n) is 8.90. The number of carbonyl (C=O) groups excluding carboxylic acids is 3. The van der Waals surface area contributed by atoms with Crippen LogP contribution in [0.5, 0.6) is 0 Å². The first-order valence-corrected chi connectivity index (χ1v) is 9.27. The van der Waals surface area contributed by atoms with E-state index in [0.717, 1.165) is 17.2 Å². The Hall–Kier alpha value is -3.13. The molecule has 154 valence electrons. The molecule has 0 bridgehead atoms. The van der Waals surface area contributed by atoms with E-state index in [1.54, 1.807) is 18.5 Å². The predicted octanol–water partition coefficient (Wildman–Crippen LogP) is 3.03. The Morgan fingerprint density at radius 1 is 1.17 bits per heavy atom. The van der Waals surface area contributed by atoms with Crippen LogP contribution >= 0.6 is 11.6 Å². The predicted molar refractivity (Wildman–Crippen MR) is 107 cm³/mol. The molecule has 0 radical (unpaired) electrons. The molecule has 2 rings (SSSR count). The van der Waals surface area contributed by atoms with Gasteiger partial charge in [-0.2, -0.15) is 5.10 Å². The summed E-state index contributed by atoms with van der Waals surface area (Å²) < 4.78 is 11.0. The van der Waals surface area contributed by atoms with Gasteiger partial charge >= 0.3 is 12.1 Å². The lowest BCUT2D eigenvalue weighted by molar-refractivity contribution is -0.143. The molecule has 0 saturated heterocycles. The van der Waals surface area contributed by atoms with Gasteiger partial charge in [0, 0.05) is 11.6 Å². The maximum Gasteiger partial charge on any atom is 0.413 e. The number of nitrogens with one attached hydrogen (secondary N) is 1. The Kier molecular flexibility index (Phi) is 7.97. The fraction of sp³-hybridized carbons (Fsp3) is 0.300. The van der Waals surface area contributed by atoms with Gasteiger partial charge in [-0.15, -0.1) is 0 Å². The van der Waals surface area contributed by atoms with E-state index in [0.29, 0.717) is 23.0 Å². The van der Waals surface area contributed by atoms with Gasteiger partial charge in [-0.05, 0) is 32.4 Å². The summed E-state index contributed by atoms with van der Waals surface area (Å²) in [6.07, 6.45) is 1.72. The number of hydrogen-bond donors (Lipinski definition) is 1. The molecular weight excluding hydrogens is 398 g/mol. The smallest absolute Gasteiger partial charge is 0.413 e. The highest BCUT2D eigenvalue weighted by Crippen LogP contribution is 2.22. The first kappa shape index (κ1) is 22.2. The second-order valence-electron chi connectivity index (χ2n) is 6.14. The fourth-order valence-electron chi connectivity index (χ4n) is 2.38. The zero-order valence-corrected chi connectivity index (χ0v) is 17.2. The normalized spacial score (nSPS) is 10.8. The van der Waals surface area contributed by atoms with Gasteiger partial charge in [-0.25, -0.2) is 14.3 Å². The summed E-state index contributed by atoms with van der Waals surface area (Å²) in [5.74, 6) is -1.55. The molecule has 0 saturated carbocycles. The van der Waals surface area contributed by atoms with Gasteiger partial charge in [0.1, 0.15) is 5.15 Å². The molecule has 0 spiro atoms. The third kappa shape index (κ3) is 6.76. The van der Waals surface area contributed by atoms with Crippen molar-refractivity contribution in [1.82, 2.24) is 15.1 Å². The second-order valence-corrected chi connectivity index (χ2v) is 6.50. The number of rotatable bonds is 7. The summed E-state index contributed by atoms with van der Waals surface area (Å²) >= 11 is 6.39. The van der Waals surface area contributed by atoms with Crippen LogP contribution in [0.25, 0.3) is 6.08 Å². The van der Waals surface area contributed by atoms with Crippen LogP contribution in [0, 0.1) is 13.8 Å². The lowest BCUT2D eigenvalue weighted by Crippen LogP contribution is -2.34. The van der Waals surface area contributed by atoms with Crippen molar-refractivity contribution in [3.63, 3.8) is 0 Å². The minimum Gasteiger partial charge on any atom is -0.452 e. The number of aromatic nitrogens is 2. The van der Waals surface area contributed by atoms with Gasteiger partial charge in [0.2, 0.25) is 0 Å². The van der Waals surface area contributed by atoms with Gasteiger partial charge in [-0.1, -0.05) is 41.4 Å². The van der Waals surface area contributed by atoms with Crippen LogP contribution < -0.4 is 5.32 Å². The fourth-order valence-corrected chi connectivity index (χ4v) is 2.68. The Morgan fingerprint density at radius 3 is 2.52 bits per heavy atom. The van der Waals surface area contributed by atoms with Gasteiger partial charge in [-0.3, -0.25) is 10.1 Å². The molecule has 0 aliphatic carbocycles. The van der Waals surface area contributed by atoms with Crippen molar-refractivity contribution in [3.8, 4) is 0 Å². The monoisotopic (exact) mass is 419 g/mol. The van der Waals surface area contributed by atoms with Crippen molar-refractivity contribution in [2.24, 2.45) is 0 Å². The van der Waals surface area contributed by atoms with E-state index in [1.807, 2.05) is 36.5 Å². The number of alkyl carbamates (subject to hydrolysis) is 1. The molecule has 8 nitrogen and oxygen atoms in total. The second kappa shape index (κ2) is 10.4. The van der Waals surface area contributed by atoms with Gasteiger partial charge in [0.25, 0.3) is 5.91 Å². The van der Waals surface area contributed by atoms with Gasteiger partial charge in [0.05, 0.1) is 18.8 Å². The minimum atomic E-state index is -0.896. The molecule has 0 unspecified atom stereocenters. The Morgan fingerprint density at radius 2 is 1.86 bits per heavy atom. The molecule has 0 fully saturated rings. The van der Waals surface area contributed by atoms with E-state index in [-0.39, 0.29) is 6.61 Å². The number of aryl methyl sites for hydroxylation is 2. The first-order chi connectivity index (χ1) is 13.8. The van der Waals surface area contributed by atoms with E-state index in [9.17, 15) is 14.4 Å². The molecule has 29 heavy (non-hydrogen) atoms. The molecule has 2 aromatic rings. The van der Waals surface area contributed by atoms with Crippen LogP contribution in [-0.2, 0) is 25.6 Å². The van der Waals surface area contributed by atoms with Crippen molar-refractivity contribution >= 4 is 35.6 Å². The average molecular weight is 420 g/mol. The van der Waals surface area contributed by atoms with Crippen molar-refractivity contribution in [3.05, 3.63) is 57.9 Å². The van der Waals surface area contributed by atoms with Crippen LogP contribution in [0.4, 0.5) is 4.79 Å². The van der Waals surface area contributed by atoms with E-state index in [1.165, 1.54) is 6.08 Å². The lowest BCUT2D eigenvalue weighted by Gasteiger charge is -2.04. The molecule has 1 N–H and O–H groups in total. The number of nitrogens with zero attached hydrogens (tertiary/aromatic N) is 2. The number of halogens is 1. The van der Waals surface area contributed by atoms with E-state index in [4.69, 9.17) is 16.3 Å². The SMILES string of the molecule is CCOC(=O)NC(=O)COC(=O)/C=C/c1c(C)nn(Cc2ccc(C)cc2)c1Cl. The van der Waals surface area contributed by atoms with Crippen molar-refractivity contribution in [2.75, 3.05) is 13.2 Å². The largest absolute Gasteiger partial charge is 0.452 e. The number of ether oxygens (including phenoxy) is 2. The quantitative estimate of drug-likeness (QED) is 0.547. The highest BCUT2D eigenvalue weighted by molar-refractivity contribution is 6.31. The lowest BCUT2D eigenvalue weighted by atomic mass is 10.1. The summed E-state index contributed by atoms with van der Waals surface area (Å²) in [4.78, 5) is 34.4. The van der Waals surface area contributed by atoms with Crippen molar-refractivity contribution in [1.29, 1.82) is 0 Å². The van der Waals surface area contributed by atoms with E-state index < -0.39 is 24.6 Å². The van der Waals surface area contributed by atoms with Crippen LogP contribution in [0.3, 0.4) is 0 Å². The molecule has 2 amide bonds. The standard InChI is InChI=1S/C20H22ClN3O5/c1-4-28-20(27)22-17(25)12-29-18(26)10-9-16-14(3)23-24(19(16)21)11-15-7-5-13(2)6-8-15/h5-10H,4,11-12H2,1-3H3,(H,22,25,27)/b10-9+. The number of benzene rings is 1. The molecule has 0 aliphatic heterocycles. The minimum absolute atomic E-state index is 0.124. The maximum absolute atomic E-state index is 11.8. The summed E-state index contributed by atoms with van der Waals surface area (Å²) in [6.45, 7) is 5.39. The third-order valence-corrected chi connectivity index (χ3v) is 4.21. The molecular formula is C20H22ClN3O5. The van der Waals surface area contributed by atoms with Crippen LogP contribution in [0.1, 0.15) is 29.3 Å². The van der Waals surface area contributed by atoms with Crippen molar-refractivity contribution in [2.45, 2.75) is 27.3 Å². The van der Waals surface area contributed by atoms with E-state index in [2.05, 4.69) is 9.84 Å². The van der Waals surface area contributed by atoms with Gasteiger partial charge < -0.3 is 9.47 Å². The molecule has 0 atom stereocenters.